The van der Waals surface area contributed by atoms with E-state index in [9.17, 15) is 13.2 Å². The monoisotopic (exact) mass is 466 g/mol. The Bertz CT molecular complexity index is 1200. The van der Waals surface area contributed by atoms with Gasteiger partial charge in [-0.15, -0.1) is 0 Å². The quantitative estimate of drug-likeness (QED) is 0.720. The predicted molar refractivity (Wildman–Crippen MR) is 126 cm³/mol. The lowest BCUT2D eigenvalue weighted by Crippen LogP contribution is -2.46. The molecular formula is C26H30N2O4S. The van der Waals surface area contributed by atoms with Crippen LogP contribution in [0.5, 0.6) is 5.75 Å². The number of benzene rings is 2. The molecular weight excluding hydrogens is 436 g/mol. The van der Waals surface area contributed by atoms with Gasteiger partial charge >= 0.3 is 0 Å². The van der Waals surface area contributed by atoms with Crippen LogP contribution in [0.2, 0.25) is 0 Å². The highest BCUT2D eigenvalue weighted by Gasteiger charge is 2.43. The zero-order valence-electron chi connectivity index (χ0n) is 18.8. The van der Waals surface area contributed by atoms with Gasteiger partial charge in [0.1, 0.15) is 11.4 Å². The highest BCUT2D eigenvalue weighted by atomic mass is 32.2. The summed E-state index contributed by atoms with van der Waals surface area (Å²) < 4.78 is 36.4. The van der Waals surface area contributed by atoms with E-state index in [2.05, 4.69) is 4.72 Å². The second-order valence-electron chi connectivity index (χ2n) is 10.1. The van der Waals surface area contributed by atoms with E-state index >= 15 is 0 Å². The number of nitrogens with one attached hydrogen (secondary N) is 1. The number of carbonyl (C=O) groups is 1. The molecule has 1 spiro atoms. The van der Waals surface area contributed by atoms with Crippen molar-refractivity contribution in [2.24, 2.45) is 5.92 Å². The number of sulfonamides is 1. The number of carbonyl (C=O) groups excluding carboxylic acids is 1. The summed E-state index contributed by atoms with van der Waals surface area (Å²) in [5.41, 5.74) is 2.41. The van der Waals surface area contributed by atoms with Crippen molar-refractivity contribution in [3.8, 4) is 5.75 Å². The van der Waals surface area contributed by atoms with E-state index in [1.807, 2.05) is 29.2 Å². The van der Waals surface area contributed by atoms with Crippen LogP contribution in [0.25, 0.3) is 0 Å². The zero-order chi connectivity index (χ0) is 22.6. The molecule has 0 bridgehead atoms. The lowest BCUT2D eigenvalue weighted by Gasteiger charge is -2.44. The predicted octanol–water partition coefficient (Wildman–Crippen LogP) is 4.49. The molecule has 2 aromatic rings. The van der Waals surface area contributed by atoms with Gasteiger partial charge in [0.25, 0.3) is 0 Å². The molecule has 0 radical (unpaired) electrons. The van der Waals surface area contributed by atoms with E-state index in [1.165, 1.54) is 6.42 Å². The van der Waals surface area contributed by atoms with Gasteiger partial charge in [-0.05, 0) is 74.8 Å². The van der Waals surface area contributed by atoms with Crippen molar-refractivity contribution in [2.45, 2.75) is 74.3 Å². The van der Waals surface area contributed by atoms with E-state index < -0.39 is 10.0 Å². The first-order valence-electron chi connectivity index (χ1n) is 12.2. The van der Waals surface area contributed by atoms with Crippen molar-refractivity contribution in [2.75, 3.05) is 11.4 Å². The number of rotatable bonds is 4. The maximum atomic E-state index is 13.5. The summed E-state index contributed by atoms with van der Waals surface area (Å²) in [6, 6.07) is 12.7. The third-order valence-electron chi connectivity index (χ3n) is 7.71. The van der Waals surface area contributed by atoms with Gasteiger partial charge < -0.3 is 9.64 Å². The molecule has 1 atom stereocenters. The summed E-state index contributed by atoms with van der Waals surface area (Å²) in [4.78, 5) is 14.7. The van der Waals surface area contributed by atoms with Crippen LogP contribution in [0, 0.1) is 5.92 Å². The first-order chi connectivity index (χ1) is 15.9. The highest BCUT2D eigenvalue weighted by molar-refractivity contribution is 7.89. The maximum absolute atomic E-state index is 13.5. The molecule has 174 valence electrons. The standard InChI is InChI=1S/C26H30N2O4S/c29-25(18-8-9-18)28-15-12-19-16-20(10-11-23(19)28)33(30,31)27-22-17-26(13-4-1-5-14-26)32-24-7-3-2-6-21(22)24/h2-3,6-7,10-11,16,18,22,27H,1,4-5,8-9,12-15,17H2. The van der Waals surface area contributed by atoms with E-state index in [-0.39, 0.29) is 28.4 Å². The molecule has 6 rings (SSSR count). The van der Waals surface area contributed by atoms with E-state index in [1.54, 1.807) is 18.2 Å². The number of anilines is 1. The SMILES string of the molecule is O=C(C1CC1)N1CCc2cc(S(=O)(=O)NC3CC4(CCCCC4)Oc4ccccc43)ccc21. The van der Waals surface area contributed by atoms with Crippen molar-refractivity contribution in [1.29, 1.82) is 0 Å². The fourth-order valence-corrected chi connectivity index (χ4v) is 7.07. The smallest absolute Gasteiger partial charge is 0.241 e. The van der Waals surface area contributed by atoms with Gasteiger partial charge in [0.2, 0.25) is 15.9 Å². The summed E-state index contributed by atoms with van der Waals surface area (Å²) in [5, 5.41) is 0. The third kappa shape index (κ3) is 3.85. The molecule has 6 nitrogen and oxygen atoms in total. The fraction of sp³-hybridized carbons (Fsp3) is 0.500. The average molecular weight is 467 g/mol. The van der Waals surface area contributed by atoms with E-state index in [0.717, 1.165) is 61.1 Å². The van der Waals surface area contributed by atoms with Crippen LogP contribution in [0.1, 0.15) is 68.5 Å². The Hall–Kier alpha value is -2.38. The second kappa shape index (κ2) is 7.84. The number of fused-ring (bicyclic) bond motifs is 2. The summed E-state index contributed by atoms with van der Waals surface area (Å²) in [6.45, 7) is 0.636. The van der Waals surface area contributed by atoms with Crippen LogP contribution < -0.4 is 14.4 Å². The van der Waals surface area contributed by atoms with Gasteiger partial charge in [-0.1, -0.05) is 24.6 Å². The Kier molecular flexibility index (Phi) is 5.03. The molecule has 7 heteroatoms. The molecule has 2 saturated carbocycles. The normalized spacial score (nSPS) is 23.6. The fourth-order valence-electron chi connectivity index (χ4n) is 5.81. The Morgan fingerprint density at radius 2 is 1.85 bits per heavy atom. The molecule has 1 amide bonds. The summed E-state index contributed by atoms with van der Waals surface area (Å²) >= 11 is 0. The second-order valence-corrected chi connectivity index (χ2v) is 11.8. The van der Waals surface area contributed by atoms with Crippen molar-refractivity contribution < 1.29 is 17.9 Å². The van der Waals surface area contributed by atoms with Crippen LogP contribution >= 0.6 is 0 Å². The number of amides is 1. The van der Waals surface area contributed by atoms with E-state index in [4.69, 9.17) is 4.74 Å². The van der Waals surface area contributed by atoms with Crippen LogP contribution in [-0.4, -0.2) is 26.5 Å². The summed E-state index contributed by atoms with van der Waals surface area (Å²) in [6.07, 6.45) is 8.64. The van der Waals surface area contributed by atoms with Crippen molar-refractivity contribution in [1.82, 2.24) is 4.72 Å². The minimum atomic E-state index is -3.73. The third-order valence-corrected chi connectivity index (χ3v) is 9.18. The van der Waals surface area contributed by atoms with Crippen molar-refractivity contribution in [3.63, 3.8) is 0 Å². The molecule has 2 aromatic carbocycles. The number of nitrogens with zero attached hydrogens (tertiary/aromatic N) is 1. The van der Waals surface area contributed by atoms with Gasteiger partial charge in [0, 0.05) is 30.1 Å². The highest BCUT2D eigenvalue weighted by Crippen LogP contribution is 2.46. The lowest BCUT2D eigenvalue weighted by atomic mass is 9.77. The first-order valence-corrected chi connectivity index (χ1v) is 13.7. The molecule has 2 heterocycles. The van der Waals surface area contributed by atoms with Gasteiger partial charge in [0.05, 0.1) is 10.9 Å². The molecule has 1 unspecified atom stereocenters. The van der Waals surface area contributed by atoms with Gasteiger partial charge in [-0.25, -0.2) is 13.1 Å². The van der Waals surface area contributed by atoms with Crippen LogP contribution in [0.3, 0.4) is 0 Å². The molecule has 1 N–H and O–H groups in total. The number of para-hydroxylation sites is 1. The largest absolute Gasteiger partial charge is 0.487 e. The topological polar surface area (TPSA) is 75.7 Å². The summed E-state index contributed by atoms with van der Waals surface area (Å²) in [7, 11) is -3.73. The Balaban J connectivity index is 1.28. The van der Waals surface area contributed by atoms with Gasteiger partial charge in [-0.3, -0.25) is 4.79 Å². The molecule has 4 aliphatic rings. The number of hydrogen-bond donors (Lipinski definition) is 1. The Morgan fingerprint density at radius 3 is 2.64 bits per heavy atom. The average Bonchev–Trinajstić information content (AvgIpc) is 3.57. The minimum absolute atomic E-state index is 0.154. The van der Waals surface area contributed by atoms with Crippen LogP contribution in [0.4, 0.5) is 5.69 Å². The molecule has 0 saturated heterocycles. The molecule has 2 fully saturated rings. The van der Waals surface area contributed by atoms with Crippen molar-refractivity contribution >= 4 is 21.6 Å². The number of ether oxygens (including phenoxy) is 1. The molecule has 2 aliphatic carbocycles. The number of hydrogen-bond acceptors (Lipinski definition) is 4. The van der Waals surface area contributed by atoms with Gasteiger partial charge in [0.15, 0.2) is 0 Å². The zero-order valence-corrected chi connectivity index (χ0v) is 19.6. The molecule has 2 aliphatic heterocycles. The van der Waals surface area contributed by atoms with Gasteiger partial charge in [-0.2, -0.15) is 0 Å². The van der Waals surface area contributed by atoms with Crippen LogP contribution in [-0.2, 0) is 21.2 Å². The Morgan fingerprint density at radius 1 is 1.06 bits per heavy atom. The molecule has 0 aromatic heterocycles. The first kappa shape index (κ1) is 21.2. The Labute approximate surface area is 195 Å². The van der Waals surface area contributed by atoms with Crippen molar-refractivity contribution in [3.05, 3.63) is 53.6 Å². The molecule has 33 heavy (non-hydrogen) atoms. The van der Waals surface area contributed by atoms with Crippen LogP contribution in [0.15, 0.2) is 47.4 Å². The maximum Gasteiger partial charge on any atom is 0.241 e. The minimum Gasteiger partial charge on any atom is -0.487 e. The summed E-state index contributed by atoms with van der Waals surface area (Å²) in [5.74, 6) is 1.13. The lowest BCUT2D eigenvalue weighted by molar-refractivity contribution is -0.119. The van der Waals surface area contributed by atoms with E-state index in [0.29, 0.717) is 19.4 Å².